The summed E-state index contributed by atoms with van der Waals surface area (Å²) in [6, 6.07) is 0.437. The maximum absolute atomic E-state index is 10.5. The lowest BCUT2D eigenvalue weighted by Crippen LogP contribution is -2.55. The van der Waals surface area contributed by atoms with E-state index in [0.29, 0.717) is 11.5 Å². The molecule has 0 heterocycles. The van der Waals surface area contributed by atoms with Crippen molar-refractivity contribution in [2.24, 2.45) is 40.2 Å². The lowest BCUT2D eigenvalue weighted by molar-refractivity contribution is -0.122. The van der Waals surface area contributed by atoms with Crippen molar-refractivity contribution in [2.45, 2.75) is 83.8 Å². The third kappa shape index (κ3) is 1.91. The van der Waals surface area contributed by atoms with Gasteiger partial charge in [-0.15, -0.1) is 0 Å². The van der Waals surface area contributed by atoms with Crippen LogP contribution in [0.2, 0.25) is 0 Å². The van der Waals surface area contributed by atoms with Gasteiger partial charge in [0.15, 0.2) is 0 Å². The smallest absolute Gasteiger partial charge is 0.0596 e. The predicted octanol–water partition coefficient (Wildman–Crippen LogP) is 3.72. The molecule has 4 aliphatic carbocycles. The molecule has 3 N–H and O–H groups in total. The van der Waals surface area contributed by atoms with Crippen LogP contribution in [0.5, 0.6) is 0 Å². The molecule has 0 aromatic rings. The Kier molecular flexibility index (Phi) is 3.25. The minimum atomic E-state index is -0.0393. The van der Waals surface area contributed by atoms with E-state index in [1.54, 1.807) is 0 Å². The van der Waals surface area contributed by atoms with Crippen LogP contribution in [0.1, 0.15) is 71.6 Å². The van der Waals surface area contributed by atoms with E-state index in [1.807, 2.05) is 0 Å². The zero-order valence-corrected chi connectivity index (χ0v) is 13.9. The number of hydrogen-bond acceptors (Lipinski definition) is 2. The molecule has 0 aliphatic heterocycles. The van der Waals surface area contributed by atoms with Gasteiger partial charge in [-0.3, -0.25) is 0 Å². The SMILES string of the molecule is C[C@]12C[C@H](N)CCC1CCC1C2CC[C@@]2(C)C1CC[C@@H]2O. The first kappa shape index (κ1) is 14.5. The van der Waals surface area contributed by atoms with Crippen LogP contribution >= 0.6 is 0 Å². The Morgan fingerprint density at radius 2 is 1.57 bits per heavy atom. The number of rotatable bonds is 0. The molecule has 0 saturated heterocycles. The number of fused-ring (bicyclic) bond motifs is 5. The molecule has 4 unspecified atom stereocenters. The van der Waals surface area contributed by atoms with E-state index >= 15 is 0 Å². The summed E-state index contributed by atoms with van der Waals surface area (Å²) < 4.78 is 0. The Bertz CT molecular complexity index is 424. The van der Waals surface area contributed by atoms with E-state index in [-0.39, 0.29) is 11.5 Å². The number of aliphatic hydroxyl groups excluding tert-OH is 1. The summed E-state index contributed by atoms with van der Waals surface area (Å²) in [6.07, 6.45) is 11.6. The van der Waals surface area contributed by atoms with E-state index in [2.05, 4.69) is 13.8 Å². The van der Waals surface area contributed by atoms with Crippen molar-refractivity contribution in [3.8, 4) is 0 Å². The van der Waals surface area contributed by atoms with Gasteiger partial charge < -0.3 is 10.8 Å². The summed E-state index contributed by atoms with van der Waals surface area (Å²) in [6.45, 7) is 4.95. The third-order valence-corrected chi connectivity index (χ3v) is 8.60. The van der Waals surface area contributed by atoms with Gasteiger partial charge in [0, 0.05) is 6.04 Å². The highest BCUT2D eigenvalue weighted by atomic mass is 16.3. The predicted molar refractivity (Wildman–Crippen MR) is 85.7 cm³/mol. The van der Waals surface area contributed by atoms with Gasteiger partial charge >= 0.3 is 0 Å². The molecule has 4 rings (SSSR count). The van der Waals surface area contributed by atoms with Gasteiger partial charge in [-0.25, -0.2) is 0 Å². The fraction of sp³-hybridized carbons (Fsp3) is 1.00. The van der Waals surface area contributed by atoms with E-state index in [1.165, 1.54) is 51.4 Å². The van der Waals surface area contributed by atoms with Gasteiger partial charge in [-0.2, -0.15) is 0 Å². The van der Waals surface area contributed by atoms with Gasteiger partial charge in [-0.05, 0) is 92.3 Å². The van der Waals surface area contributed by atoms with Crippen LogP contribution in [0.25, 0.3) is 0 Å². The third-order valence-electron chi connectivity index (χ3n) is 8.60. The van der Waals surface area contributed by atoms with Crippen LogP contribution in [0.4, 0.5) is 0 Å². The summed E-state index contributed by atoms with van der Waals surface area (Å²) in [5.74, 6) is 3.45. The topological polar surface area (TPSA) is 46.2 Å². The zero-order chi connectivity index (χ0) is 14.8. The van der Waals surface area contributed by atoms with Gasteiger partial charge in [0.2, 0.25) is 0 Å². The monoisotopic (exact) mass is 291 g/mol. The molecule has 4 saturated carbocycles. The molecule has 0 bridgehead atoms. The fourth-order valence-corrected chi connectivity index (χ4v) is 7.38. The van der Waals surface area contributed by atoms with E-state index in [0.717, 1.165) is 30.1 Å². The lowest BCUT2D eigenvalue weighted by atomic mass is 9.45. The molecule has 2 heteroatoms. The minimum absolute atomic E-state index is 0.0393. The minimum Gasteiger partial charge on any atom is -0.393 e. The molecule has 0 amide bonds. The second-order valence-corrected chi connectivity index (χ2v) is 9.34. The Labute approximate surface area is 129 Å². The molecule has 8 atom stereocenters. The van der Waals surface area contributed by atoms with Crippen LogP contribution in [-0.4, -0.2) is 17.3 Å². The molecule has 0 radical (unpaired) electrons. The summed E-state index contributed by atoms with van der Waals surface area (Å²) in [7, 11) is 0. The molecule has 120 valence electrons. The van der Waals surface area contributed by atoms with Crippen molar-refractivity contribution < 1.29 is 5.11 Å². The standard InChI is InChI=1S/C19H33NO/c1-18-10-9-16-14(15(18)7-8-17(18)21)6-4-12-3-5-13(20)11-19(12,16)2/h12-17,21H,3-11,20H2,1-2H3/t12?,13-,14?,15?,16?,17+,18+,19+/m1/s1. The lowest BCUT2D eigenvalue weighted by Gasteiger charge is -2.60. The number of nitrogens with two attached hydrogens (primary N) is 1. The summed E-state index contributed by atoms with van der Waals surface area (Å²) in [5, 5.41) is 10.5. The molecule has 2 nitrogen and oxygen atoms in total. The molecule has 4 fully saturated rings. The van der Waals surface area contributed by atoms with Gasteiger partial charge in [0.25, 0.3) is 0 Å². The summed E-state index contributed by atoms with van der Waals surface area (Å²) >= 11 is 0. The van der Waals surface area contributed by atoms with Crippen LogP contribution in [0, 0.1) is 34.5 Å². The Hall–Kier alpha value is -0.0800. The maximum atomic E-state index is 10.5. The van der Waals surface area contributed by atoms with Crippen molar-refractivity contribution in [3.63, 3.8) is 0 Å². The van der Waals surface area contributed by atoms with Crippen LogP contribution in [0.3, 0.4) is 0 Å². The molecule has 21 heavy (non-hydrogen) atoms. The van der Waals surface area contributed by atoms with Gasteiger partial charge in [0.1, 0.15) is 0 Å². The van der Waals surface area contributed by atoms with Crippen molar-refractivity contribution >= 4 is 0 Å². The second-order valence-electron chi connectivity index (χ2n) is 9.34. The highest BCUT2D eigenvalue weighted by Gasteiger charge is 2.59. The number of hydrogen-bond donors (Lipinski definition) is 2. The highest BCUT2D eigenvalue weighted by Crippen LogP contribution is 2.66. The quantitative estimate of drug-likeness (QED) is 0.714. The van der Waals surface area contributed by atoms with E-state index in [9.17, 15) is 5.11 Å². The Balaban J connectivity index is 1.64. The van der Waals surface area contributed by atoms with Crippen LogP contribution in [-0.2, 0) is 0 Å². The molecule has 0 spiro atoms. The van der Waals surface area contributed by atoms with E-state index < -0.39 is 0 Å². The molecule has 0 aromatic heterocycles. The molecule has 0 aromatic carbocycles. The van der Waals surface area contributed by atoms with Crippen LogP contribution in [0.15, 0.2) is 0 Å². The molecule has 4 aliphatic rings. The molecular formula is C19H33NO. The van der Waals surface area contributed by atoms with Crippen molar-refractivity contribution in [3.05, 3.63) is 0 Å². The largest absolute Gasteiger partial charge is 0.393 e. The Morgan fingerprint density at radius 3 is 2.38 bits per heavy atom. The van der Waals surface area contributed by atoms with Gasteiger partial charge in [0.05, 0.1) is 6.10 Å². The number of aliphatic hydroxyl groups is 1. The molecular weight excluding hydrogens is 258 g/mol. The summed E-state index contributed by atoms with van der Waals surface area (Å²) in [4.78, 5) is 0. The van der Waals surface area contributed by atoms with Crippen LogP contribution < -0.4 is 5.73 Å². The highest BCUT2D eigenvalue weighted by molar-refractivity contribution is 5.09. The first-order valence-electron chi connectivity index (χ1n) is 9.39. The van der Waals surface area contributed by atoms with Crippen molar-refractivity contribution in [1.29, 1.82) is 0 Å². The van der Waals surface area contributed by atoms with E-state index in [4.69, 9.17) is 5.73 Å². The fourth-order valence-electron chi connectivity index (χ4n) is 7.38. The second kappa shape index (κ2) is 4.71. The zero-order valence-electron chi connectivity index (χ0n) is 13.9. The first-order valence-corrected chi connectivity index (χ1v) is 9.39. The average Bonchev–Trinajstić information content (AvgIpc) is 2.74. The average molecular weight is 291 g/mol. The van der Waals surface area contributed by atoms with Gasteiger partial charge in [-0.1, -0.05) is 13.8 Å². The summed E-state index contributed by atoms with van der Waals surface area (Å²) in [5.41, 5.74) is 7.08. The van der Waals surface area contributed by atoms with Crippen molar-refractivity contribution in [1.82, 2.24) is 0 Å². The Morgan fingerprint density at radius 1 is 0.857 bits per heavy atom. The maximum Gasteiger partial charge on any atom is 0.0596 e. The normalized spacial score (nSPS) is 60.0. The van der Waals surface area contributed by atoms with Crippen molar-refractivity contribution in [2.75, 3.05) is 0 Å². The first-order chi connectivity index (χ1) is 9.95.